The SMILES string of the molecule is C=C(C(=O)C(OCC)C(=O)c1ccc(C(F)(F)F)cc1[N+](=O)[O-])c1ccccc1. The molecule has 0 radical (unpaired) electrons. The van der Waals surface area contributed by atoms with E-state index in [0.717, 1.165) is 0 Å². The van der Waals surface area contributed by atoms with Crippen molar-refractivity contribution in [3.8, 4) is 0 Å². The van der Waals surface area contributed by atoms with Crippen molar-refractivity contribution in [1.82, 2.24) is 0 Å². The van der Waals surface area contributed by atoms with Crippen LogP contribution in [0.4, 0.5) is 18.9 Å². The van der Waals surface area contributed by atoms with Gasteiger partial charge in [-0.05, 0) is 24.6 Å². The Hall–Kier alpha value is -3.33. The molecule has 1 atom stereocenters. The first kappa shape index (κ1) is 22.0. The van der Waals surface area contributed by atoms with E-state index < -0.39 is 45.6 Å². The number of nitro benzene ring substituents is 1. The summed E-state index contributed by atoms with van der Waals surface area (Å²) in [5.74, 6) is -1.95. The van der Waals surface area contributed by atoms with E-state index in [1.165, 1.54) is 6.92 Å². The second-order valence-electron chi connectivity index (χ2n) is 5.90. The lowest BCUT2D eigenvalue weighted by Crippen LogP contribution is -2.34. The number of nitro groups is 1. The van der Waals surface area contributed by atoms with Gasteiger partial charge in [-0.25, -0.2) is 0 Å². The minimum absolute atomic E-state index is 0.0630. The molecule has 0 amide bonds. The molecule has 9 heteroatoms. The topological polar surface area (TPSA) is 86.5 Å². The lowest BCUT2D eigenvalue weighted by Gasteiger charge is -2.17. The molecule has 0 heterocycles. The van der Waals surface area contributed by atoms with Crippen LogP contribution in [-0.4, -0.2) is 29.2 Å². The zero-order valence-corrected chi connectivity index (χ0v) is 15.2. The number of halogens is 3. The Morgan fingerprint density at radius 1 is 1.17 bits per heavy atom. The van der Waals surface area contributed by atoms with Gasteiger partial charge in [-0.2, -0.15) is 13.2 Å². The fraction of sp³-hybridized carbons (Fsp3) is 0.200. The maximum absolute atomic E-state index is 12.9. The van der Waals surface area contributed by atoms with E-state index in [4.69, 9.17) is 4.74 Å². The van der Waals surface area contributed by atoms with Crippen LogP contribution in [0.1, 0.15) is 28.4 Å². The zero-order valence-electron chi connectivity index (χ0n) is 15.2. The first-order valence-corrected chi connectivity index (χ1v) is 8.38. The van der Waals surface area contributed by atoms with E-state index >= 15 is 0 Å². The van der Waals surface area contributed by atoms with E-state index in [2.05, 4.69) is 6.58 Å². The minimum atomic E-state index is -4.83. The van der Waals surface area contributed by atoms with Crippen molar-refractivity contribution in [3.63, 3.8) is 0 Å². The van der Waals surface area contributed by atoms with Crippen LogP contribution in [0, 0.1) is 10.1 Å². The third kappa shape index (κ3) is 4.94. The van der Waals surface area contributed by atoms with Crippen LogP contribution in [0.2, 0.25) is 0 Å². The Labute approximate surface area is 163 Å². The number of hydrogen-bond acceptors (Lipinski definition) is 5. The second-order valence-corrected chi connectivity index (χ2v) is 5.90. The number of ether oxygens (including phenoxy) is 1. The number of carbonyl (C=O) groups is 2. The van der Waals surface area contributed by atoms with Crippen LogP contribution in [0.5, 0.6) is 0 Å². The van der Waals surface area contributed by atoms with Crippen molar-refractivity contribution in [3.05, 3.63) is 81.9 Å². The van der Waals surface area contributed by atoms with E-state index in [1.54, 1.807) is 30.3 Å². The number of carbonyl (C=O) groups excluding carboxylic acids is 2. The number of nitrogens with zero attached hydrogens (tertiary/aromatic N) is 1. The molecule has 2 aromatic rings. The summed E-state index contributed by atoms with van der Waals surface area (Å²) in [6, 6.07) is 9.62. The number of ketones is 2. The first-order chi connectivity index (χ1) is 13.6. The molecule has 0 bridgehead atoms. The molecule has 0 saturated heterocycles. The Kier molecular flexibility index (Phi) is 6.65. The molecule has 6 nitrogen and oxygen atoms in total. The van der Waals surface area contributed by atoms with Crippen LogP contribution in [0.15, 0.2) is 55.1 Å². The van der Waals surface area contributed by atoms with Gasteiger partial charge >= 0.3 is 6.18 Å². The molecule has 0 N–H and O–H groups in total. The van der Waals surface area contributed by atoms with Gasteiger partial charge in [0.25, 0.3) is 5.69 Å². The molecule has 1 unspecified atom stereocenters. The van der Waals surface area contributed by atoms with Crippen molar-refractivity contribution in [2.24, 2.45) is 0 Å². The summed E-state index contributed by atoms with van der Waals surface area (Å²) >= 11 is 0. The highest BCUT2D eigenvalue weighted by molar-refractivity contribution is 6.31. The summed E-state index contributed by atoms with van der Waals surface area (Å²) in [7, 11) is 0. The van der Waals surface area contributed by atoms with Gasteiger partial charge < -0.3 is 4.74 Å². The van der Waals surface area contributed by atoms with Gasteiger partial charge in [0.05, 0.1) is 16.1 Å². The molecule has 0 fully saturated rings. The summed E-state index contributed by atoms with van der Waals surface area (Å²) in [4.78, 5) is 35.7. The smallest absolute Gasteiger partial charge is 0.362 e. The molecule has 2 aromatic carbocycles. The molecule has 0 saturated carbocycles. The molecule has 0 aromatic heterocycles. The standard InChI is InChI=1S/C20H16F3NO5/c1-3-29-19(17(25)12(2)13-7-5-4-6-8-13)18(26)15-10-9-14(20(21,22)23)11-16(15)24(27)28/h4-11,19H,2-3H2,1H3. The molecular formula is C20H16F3NO5. The highest BCUT2D eigenvalue weighted by atomic mass is 19.4. The van der Waals surface area contributed by atoms with Crippen molar-refractivity contribution in [2.75, 3.05) is 6.61 Å². The van der Waals surface area contributed by atoms with E-state index in [1.807, 2.05) is 0 Å². The van der Waals surface area contributed by atoms with Gasteiger partial charge in [0.1, 0.15) is 0 Å². The van der Waals surface area contributed by atoms with Crippen LogP contribution < -0.4 is 0 Å². The largest absolute Gasteiger partial charge is 0.416 e. The van der Waals surface area contributed by atoms with Crippen LogP contribution >= 0.6 is 0 Å². The van der Waals surface area contributed by atoms with E-state index in [9.17, 15) is 32.9 Å². The summed E-state index contributed by atoms with van der Waals surface area (Å²) in [6.45, 7) is 5.06. The van der Waals surface area contributed by atoms with Crippen molar-refractivity contribution in [2.45, 2.75) is 19.2 Å². The maximum Gasteiger partial charge on any atom is 0.416 e. The minimum Gasteiger partial charge on any atom is -0.362 e. The fourth-order valence-electron chi connectivity index (χ4n) is 2.59. The summed E-state index contributed by atoms with van der Waals surface area (Å²) < 4.78 is 43.8. The summed E-state index contributed by atoms with van der Waals surface area (Å²) in [5, 5.41) is 11.3. The number of Topliss-reactive ketones (excluding diaryl/α,β-unsaturated/α-hetero) is 2. The van der Waals surface area contributed by atoms with Gasteiger partial charge in [0.2, 0.25) is 5.78 Å². The predicted octanol–water partition coefficient (Wildman–Crippen LogP) is 4.48. The first-order valence-electron chi connectivity index (χ1n) is 8.38. The van der Waals surface area contributed by atoms with Crippen molar-refractivity contribution >= 4 is 22.8 Å². The molecule has 0 aliphatic rings. The van der Waals surface area contributed by atoms with E-state index in [0.29, 0.717) is 17.7 Å². The van der Waals surface area contributed by atoms with Crippen molar-refractivity contribution in [1.29, 1.82) is 0 Å². The fourth-order valence-corrected chi connectivity index (χ4v) is 2.59. The third-order valence-electron chi connectivity index (χ3n) is 4.02. The Balaban J connectivity index is 2.46. The van der Waals surface area contributed by atoms with Crippen LogP contribution in [-0.2, 0) is 15.7 Å². The van der Waals surface area contributed by atoms with Crippen molar-refractivity contribution < 1.29 is 32.4 Å². The molecule has 0 aliphatic carbocycles. The molecule has 152 valence electrons. The lowest BCUT2D eigenvalue weighted by molar-refractivity contribution is -0.385. The number of hydrogen-bond donors (Lipinski definition) is 0. The van der Waals surface area contributed by atoms with Gasteiger partial charge in [-0.1, -0.05) is 36.9 Å². The molecule has 2 rings (SSSR count). The quantitative estimate of drug-likeness (QED) is 0.212. The lowest BCUT2D eigenvalue weighted by atomic mass is 9.94. The van der Waals surface area contributed by atoms with Gasteiger partial charge in [-0.3, -0.25) is 19.7 Å². The molecule has 29 heavy (non-hydrogen) atoms. The number of rotatable bonds is 8. The van der Waals surface area contributed by atoms with Crippen LogP contribution in [0.25, 0.3) is 5.57 Å². The maximum atomic E-state index is 12.9. The average molecular weight is 407 g/mol. The monoisotopic (exact) mass is 407 g/mol. The predicted molar refractivity (Wildman–Crippen MR) is 98.3 cm³/mol. The highest BCUT2D eigenvalue weighted by Crippen LogP contribution is 2.34. The van der Waals surface area contributed by atoms with Crippen LogP contribution in [0.3, 0.4) is 0 Å². The average Bonchev–Trinajstić information content (AvgIpc) is 2.70. The van der Waals surface area contributed by atoms with Gasteiger partial charge in [0, 0.05) is 18.2 Å². The Bertz CT molecular complexity index is 954. The summed E-state index contributed by atoms with van der Waals surface area (Å²) in [6.07, 6.45) is -6.61. The molecular weight excluding hydrogens is 391 g/mol. The highest BCUT2D eigenvalue weighted by Gasteiger charge is 2.37. The van der Waals surface area contributed by atoms with Gasteiger partial charge in [-0.15, -0.1) is 0 Å². The van der Waals surface area contributed by atoms with Gasteiger partial charge in [0.15, 0.2) is 11.9 Å². The normalized spacial score (nSPS) is 12.3. The summed E-state index contributed by atoms with van der Waals surface area (Å²) in [5.41, 5.74) is -2.65. The number of benzene rings is 2. The zero-order chi connectivity index (χ0) is 21.8. The third-order valence-corrected chi connectivity index (χ3v) is 4.02. The second kappa shape index (κ2) is 8.78. The Morgan fingerprint density at radius 2 is 1.79 bits per heavy atom. The molecule has 0 spiro atoms. The number of alkyl halides is 3. The van der Waals surface area contributed by atoms with E-state index in [-0.39, 0.29) is 18.2 Å². The molecule has 0 aliphatic heterocycles. The Morgan fingerprint density at radius 3 is 2.31 bits per heavy atom.